The van der Waals surface area contributed by atoms with Gasteiger partial charge in [-0.3, -0.25) is 9.78 Å². The summed E-state index contributed by atoms with van der Waals surface area (Å²) in [6, 6.07) is 10.6. The predicted molar refractivity (Wildman–Crippen MR) is 94.6 cm³/mol. The third-order valence-electron chi connectivity index (χ3n) is 4.04. The van der Waals surface area contributed by atoms with Crippen LogP contribution >= 0.6 is 11.6 Å². The number of aromatic nitrogens is 1. The summed E-state index contributed by atoms with van der Waals surface area (Å²) >= 11 is 5.94. The van der Waals surface area contributed by atoms with E-state index in [9.17, 15) is 9.90 Å². The highest BCUT2D eigenvalue weighted by Crippen LogP contribution is 2.24. The molecule has 0 radical (unpaired) electrons. The number of carbonyl (C=O) groups excluding carboxylic acids is 1. The normalized spacial score (nSPS) is 19.6. The molecule has 1 aromatic heterocycles. The summed E-state index contributed by atoms with van der Waals surface area (Å²) in [6.45, 7) is 1.51. The maximum absolute atomic E-state index is 12.0. The van der Waals surface area contributed by atoms with Crippen LogP contribution in [0.15, 0.2) is 42.6 Å². The van der Waals surface area contributed by atoms with Gasteiger partial charge in [0.25, 0.3) is 0 Å². The highest BCUT2D eigenvalue weighted by Gasteiger charge is 2.26. The average Bonchev–Trinajstić information content (AvgIpc) is 2.98. The van der Waals surface area contributed by atoms with Gasteiger partial charge in [-0.1, -0.05) is 17.7 Å². The second-order valence-electron chi connectivity index (χ2n) is 6.01. The molecule has 2 atom stereocenters. The lowest BCUT2D eigenvalue weighted by Crippen LogP contribution is -2.29. The lowest BCUT2D eigenvalue weighted by molar-refractivity contribution is -0.122. The van der Waals surface area contributed by atoms with Gasteiger partial charge in [-0.25, -0.2) is 0 Å². The van der Waals surface area contributed by atoms with Crippen LogP contribution in [0.2, 0.25) is 5.02 Å². The Morgan fingerprint density at radius 2 is 2.16 bits per heavy atom. The number of nitrogens with one attached hydrogen (secondary N) is 2. The number of hydrogen-bond acceptors (Lipinski definition) is 5. The van der Waals surface area contributed by atoms with Crippen molar-refractivity contribution < 1.29 is 14.6 Å². The number of amides is 1. The van der Waals surface area contributed by atoms with Crippen molar-refractivity contribution in [2.75, 3.05) is 13.1 Å². The van der Waals surface area contributed by atoms with Crippen LogP contribution in [0.3, 0.4) is 0 Å². The molecular formula is C18H20ClN3O3. The van der Waals surface area contributed by atoms with Crippen LogP contribution in [0.1, 0.15) is 12.1 Å². The Hall–Kier alpha value is -2.15. The van der Waals surface area contributed by atoms with Crippen molar-refractivity contribution in [3.63, 3.8) is 0 Å². The minimum Gasteiger partial charge on any atom is -0.457 e. The van der Waals surface area contributed by atoms with E-state index in [-0.39, 0.29) is 11.8 Å². The van der Waals surface area contributed by atoms with Crippen LogP contribution in [0.5, 0.6) is 11.5 Å². The maximum Gasteiger partial charge on any atom is 0.220 e. The van der Waals surface area contributed by atoms with Gasteiger partial charge in [-0.2, -0.15) is 0 Å². The van der Waals surface area contributed by atoms with Gasteiger partial charge in [0.05, 0.1) is 18.3 Å². The Kier molecular flexibility index (Phi) is 5.86. The molecule has 1 aromatic carbocycles. The average molecular weight is 362 g/mol. The number of pyridine rings is 1. The first kappa shape index (κ1) is 17.7. The number of rotatable bonds is 6. The highest BCUT2D eigenvalue weighted by molar-refractivity contribution is 6.30. The quantitative estimate of drug-likeness (QED) is 0.734. The summed E-state index contributed by atoms with van der Waals surface area (Å²) in [5.41, 5.74) is 0.693. The van der Waals surface area contributed by atoms with Crippen LogP contribution < -0.4 is 15.4 Å². The number of aliphatic hydroxyl groups excluding tert-OH is 1. The molecule has 2 heterocycles. The van der Waals surface area contributed by atoms with Gasteiger partial charge in [-0.05, 0) is 24.3 Å². The largest absolute Gasteiger partial charge is 0.457 e. The minimum absolute atomic E-state index is 0.0366. The van der Waals surface area contributed by atoms with Crippen molar-refractivity contribution in [3.8, 4) is 11.5 Å². The van der Waals surface area contributed by atoms with Gasteiger partial charge in [0.1, 0.15) is 11.5 Å². The zero-order chi connectivity index (χ0) is 17.6. The van der Waals surface area contributed by atoms with E-state index in [0.717, 1.165) is 0 Å². The van der Waals surface area contributed by atoms with E-state index in [2.05, 4.69) is 15.6 Å². The minimum atomic E-state index is -0.460. The molecule has 1 fully saturated rings. The van der Waals surface area contributed by atoms with Crippen molar-refractivity contribution >= 4 is 17.5 Å². The van der Waals surface area contributed by atoms with Gasteiger partial charge in [0, 0.05) is 42.7 Å². The van der Waals surface area contributed by atoms with E-state index in [4.69, 9.17) is 16.3 Å². The predicted octanol–water partition coefficient (Wildman–Crippen LogP) is 2.11. The summed E-state index contributed by atoms with van der Waals surface area (Å²) in [5, 5.41) is 16.2. The fourth-order valence-corrected chi connectivity index (χ4v) is 2.89. The smallest absolute Gasteiger partial charge is 0.220 e. The fraction of sp³-hybridized carbons (Fsp3) is 0.333. The molecule has 25 heavy (non-hydrogen) atoms. The summed E-state index contributed by atoms with van der Waals surface area (Å²) in [4.78, 5) is 16.2. The summed E-state index contributed by atoms with van der Waals surface area (Å²) in [5.74, 6) is 1.12. The molecule has 0 spiro atoms. The Morgan fingerprint density at radius 3 is 2.92 bits per heavy atom. The van der Waals surface area contributed by atoms with Gasteiger partial charge in [0.15, 0.2) is 0 Å². The number of nitrogens with zero attached hydrogens (tertiary/aromatic N) is 1. The molecule has 7 heteroatoms. The molecule has 0 saturated carbocycles. The van der Waals surface area contributed by atoms with Crippen molar-refractivity contribution in [3.05, 3.63) is 53.3 Å². The molecule has 1 aliphatic rings. The molecule has 3 N–H and O–H groups in total. The van der Waals surface area contributed by atoms with Gasteiger partial charge >= 0.3 is 0 Å². The van der Waals surface area contributed by atoms with Crippen molar-refractivity contribution in [2.24, 2.45) is 5.92 Å². The summed E-state index contributed by atoms with van der Waals surface area (Å²) in [6.07, 6.45) is 1.47. The van der Waals surface area contributed by atoms with E-state index in [1.807, 2.05) is 12.1 Å². The van der Waals surface area contributed by atoms with Crippen LogP contribution in [0, 0.1) is 5.92 Å². The second kappa shape index (κ2) is 8.29. The topological polar surface area (TPSA) is 83.5 Å². The van der Waals surface area contributed by atoms with E-state index >= 15 is 0 Å². The highest BCUT2D eigenvalue weighted by atomic mass is 35.5. The molecular weight excluding hydrogens is 342 g/mol. The maximum atomic E-state index is 12.0. The Bertz CT molecular complexity index is 741. The first-order chi connectivity index (χ1) is 12.1. The van der Waals surface area contributed by atoms with Crippen LogP contribution in [0.4, 0.5) is 0 Å². The van der Waals surface area contributed by atoms with Crippen molar-refractivity contribution in [1.29, 1.82) is 0 Å². The van der Waals surface area contributed by atoms with E-state index < -0.39 is 6.10 Å². The van der Waals surface area contributed by atoms with Crippen LogP contribution in [-0.4, -0.2) is 35.2 Å². The molecule has 2 aromatic rings. The van der Waals surface area contributed by atoms with Gasteiger partial charge < -0.3 is 20.5 Å². The Balaban J connectivity index is 1.53. The zero-order valence-corrected chi connectivity index (χ0v) is 14.4. The standard InChI is InChI=1S/C18H20ClN3O3/c19-13-2-1-3-15(7-13)25-16-4-5-21-14(8-16)10-22-18(24)6-12-9-20-11-17(12)23/h1-5,7-8,12,17,20,23H,6,9-11H2,(H,22,24)/t12-,17-/m1/s1. The molecule has 3 rings (SSSR count). The third kappa shape index (κ3) is 5.16. The number of β-amino-alcohol motifs (C(OH)–C–C–N with tert-alkyl or cyclic N) is 1. The van der Waals surface area contributed by atoms with E-state index in [0.29, 0.717) is 48.3 Å². The monoisotopic (exact) mass is 361 g/mol. The van der Waals surface area contributed by atoms with E-state index in [1.165, 1.54) is 0 Å². The number of ether oxygens (including phenoxy) is 1. The lowest BCUT2D eigenvalue weighted by Gasteiger charge is -2.13. The molecule has 0 unspecified atom stereocenters. The number of aliphatic hydroxyl groups is 1. The zero-order valence-electron chi connectivity index (χ0n) is 13.6. The summed E-state index contributed by atoms with van der Waals surface area (Å²) < 4.78 is 5.75. The van der Waals surface area contributed by atoms with Gasteiger partial charge in [0.2, 0.25) is 5.91 Å². The second-order valence-corrected chi connectivity index (χ2v) is 6.45. The first-order valence-corrected chi connectivity index (χ1v) is 8.52. The van der Waals surface area contributed by atoms with Crippen LogP contribution in [-0.2, 0) is 11.3 Å². The molecule has 6 nitrogen and oxygen atoms in total. The molecule has 1 aliphatic heterocycles. The Morgan fingerprint density at radius 1 is 1.32 bits per heavy atom. The van der Waals surface area contributed by atoms with Gasteiger partial charge in [-0.15, -0.1) is 0 Å². The lowest BCUT2D eigenvalue weighted by atomic mass is 10.0. The Labute approximate surface area is 151 Å². The third-order valence-corrected chi connectivity index (χ3v) is 4.27. The molecule has 0 aliphatic carbocycles. The SMILES string of the molecule is O=C(C[C@@H]1CNC[C@H]1O)NCc1cc(Oc2cccc(Cl)c2)ccn1. The number of hydrogen-bond donors (Lipinski definition) is 3. The number of benzene rings is 1. The molecule has 132 valence electrons. The van der Waals surface area contributed by atoms with Crippen molar-refractivity contribution in [1.82, 2.24) is 15.6 Å². The number of carbonyl (C=O) groups is 1. The van der Waals surface area contributed by atoms with Crippen molar-refractivity contribution in [2.45, 2.75) is 19.1 Å². The van der Waals surface area contributed by atoms with E-state index in [1.54, 1.807) is 30.5 Å². The number of halogens is 1. The molecule has 1 saturated heterocycles. The molecule has 1 amide bonds. The molecule has 0 bridgehead atoms. The fourth-order valence-electron chi connectivity index (χ4n) is 2.71. The summed E-state index contributed by atoms with van der Waals surface area (Å²) in [7, 11) is 0. The first-order valence-electron chi connectivity index (χ1n) is 8.14. The van der Waals surface area contributed by atoms with Crippen LogP contribution in [0.25, 0.3) is 0 Å².